The minimum absolute atomic E-state index is 0.0501. The Morgan fingerprint density at radius 1 is 1.58 bits per heavy atom. The maximum atomic E-state index is 11.6. The third-order valence-corrected chi connectivity index (χ3v) is 6.10. The molecule has 0 spiro atoms. The maximum Gasteiger partial charge on any atom is 0.186 e. The molecule has 2 heterocycles. The highest BCUT2D eigenvalue weighted by Gasteiger charge is 2.30. The van der Waals surface area contributed by atoms with Crippen LogP contribution in [0.5, 0.6) is 0 Å². The Hall–Kier alpha value is -0.700. The van der Waals surface area contributed by atoms with E-state index in [1.54, 1.807) is 7.11 Å². The molecule has 1 aliphatic heterocycles. The molecule has 1 fully saturated rings. The quantitative estimate of drug-likeness (QED) is 0.865. The summed E-state index contributed by atoms with van der Waals surface area (Å²) in [5.74, 6) is 0.374. The lowest BCUT2D eigenvalue weighted by Gasteiger charge is -2.32. The smallest absolute Gasteiger partial charge is 0.186 e. The van der Waals surface area contributed by atoms with Crippen LogP contribution in [-0.4, -0.2) is 44.6 Å². The van der Waals surface area contributed by atoms with Crippen LogP contribution in [0.1, 0.15) is 17.5 Å². The van der Waals surface area contributed by atoms with Crippen molar-refractivity contribution in [3.8, 4) is 0 Å². The van der Waals surface area contributed by atoms with Crippen molar-refractivity contribution in [3.63, 3.8) is 0 Å². The first-order valence-electron chi connectivity index (χ1n) is 6.11. The van der Waals surface area contributed by atoms with E-state index in [1.165, 1.54) is 11.3 Å². The Balaban J connectivity index is 2.22. The Kier molecular flexibility index (Phi) is 4.44. The molecule has 0 bridgehead atoms. The highest BCUT2D eigenvalue weighted by atomic mass is 32.2. The van der Waals surface area contributed by atoms with E-state index in [0.29, 0.717) is 19.7 Å². The van der Waals surface area contributed by atoms with Crippen molar-refractivity contribution >= 4 is 26.3 Å². The topological polar surface area (TPSA) is 85.5 Å². The maximum absolute atomic E-state index is 11.6. The Labute approximate surface area is 117 Å². The van der Waals surface area contributed by atoms with Gasteiger partial charge in [0.25, 0.3) is 0 Å². The van der Waals surface area contributed by atoms with Crippen molar-refractivity contribution in [1.29, 1.82) is 0 Å². The van der Waals surface area contributed by atoms with Crippen LogP contribution in [0.25, 0.3) is 0 Å². The lowest BCUT2D eigenvalue weighted by atomic mass is 10.3. The van der Waals surface area contributed by atoms with Gasteiger partial charge in [-0.1, -0.05) is 0 Å². The number of methoxy groups -OCH3 is 1. The number of sulfone groups is 1. The predicted molar refractivity (Wildman–Crippen MR) is 76.2 cm³/mol. The van der Waals surface area contributed by atoms with Crippen molar-refractivity contribution in [2.45, 2.75) is 26.1 Å². The highest BCUT2D eigenvalue weighted by Crippen LogP contribution is 2.29. The van der Waals surface area contributed by atoms with E-state index in [-0.39, 0.29) is 17.5 Å². The van der Waals surface area contributed by atoms with Gasteiger partial charge in [0.1, 0.15) is 0 Å². The number of aromatic nitrogens is 1. The summed E-state index contributed by atoms with van der Waals surface area (Å²) in [5, 5.41) is 0.843. The third-order valence-electron chi connectivity index (χ3n) is 3.15. The zero-order chi connectivity index (χ0) is 14.0. The summed E-state index contributed by atoms with van der Waals surface area (Å²) >= 11 is 1.52. The average molecular weight is 305 g/mol. The van der Waals surface area contributed by atoms with Gasteiger partial charge >= 0.3 is 0 Å². The van der Waals surface area contributed by atoms with Gasteiger partial charge in [-0.3, -0.25) is 0 Å². The summed E-state index contributed by atoms with van der Waals surface area (Å²) < 4.78 is 28.3. The van der Waals surface area contributed by atoms with E-state index in [0.717, 1.165) is 15.7 Å². The van der Waals surface area contributed by atoms with Gasteiger partial charge in [-0.05, 0) is 6.92 Å². The summed E-state index contributed by atoms with van der Waals surface area (Å²) in [6.45, 7) is 3.27. The van der Waals surface area contributed by atoms with Crippen molar-refractivity contribution < 1.29 is 13.2 Å². The van der Waals surface area contributed by atoms with Crippen molar-refractivity contribution in [1.82, 2.24) is 4.98 Å². The molecule has 1 aromatic heterocycles. The molecule has 0 radical (unpaired) electrons. The number of thiazole rings is 1. The van der Waals surface area contributed by atoms with Crippen LogP contribution in [0, 0.1) is 0 Å². The largest absolute Gasteiger partial charge is 0.378 e. The lowest BCUT2D eigenvalue weighted by molar-refractivity contribution is 0.181. The van der Waals surface area contributed by atoms with E-state index < -0.39 is 9.84 Å². The number of nitrogens with two attached hydrogens (primary N) is 1. The molecule has 0 aromatic carbocycles. The standard InChI is InChI=1S/C11H19N3O3S2/c1-8-7-19(15,16)4-3-14(8)11-13-9(6-17-2)10(5-12)18-11/h8H,3-7,12H2,1-2H3. The minimum atomic E-state index is -2.91. The first-order valence-corrected chi connectivity index (χ1v) is 8.75. The molecule has 6 nitrogen and oxygen atoms in total. The molecule has 108 valence electrons. The summed E-state index contributed by atoms with van der Waals surface area (Å²) in [6, 6.07) is -0.0501. The van der Waals surface area contributed by atoms with Crippen LogP contribution in [-0.2, 0) is 27.7 Å². The van der Waals surface area contributed by atoms with Crippen LogP contribution in [0.2, 0.25) is 0 Å². The summed E-state index contributed by atoms with van der Waals surface area (Å²) in [6.07, 6.45) is 0. The first-order chi connectivity index (χ1) is 8.96. The molecule has 1 aromatic rings. The van der Waals surface area contributed by atoms with Crippen LogP contribution < -0.4 is 10.6 Å². The molecule has 0 aliphatic carbocycles. The first kappa shape index (κ1) is 14.7. The van der Waals surface area contributed by atoms with Gasteiger partial charge in [0, 0.05) is 31.1 Å². The molecule has 8 heteroatoms. The number of hydrogen-bond donors (Lipinski definition) is 1. The normalized spacial score (nSPS) is 22.7. The van der Waals surface area contributed by atoms with E-state index >= 15 is 0 Å². The highest BCUT2D eigenvalue weighted by molar-refractivity contribution is 7.91. The fourth-order valence-electron chi connectivity index (χ4n) is 2.18. The van der Waals surface area contributed by atoms with Gasteiger partial charge in [0.15, 0.2) is 15.0 Å². The monoisotopic (exact) mass is 305 g/mol. The zero-order valence-corrected chi connectivity index (χ0v) is 12.8. The van der Waals surface area contributed by atoms with Crippen molar-refractivity contribution in [3.05, 3.63) is 10.6 Å². The molecule has 1 saturated heterocycles. The zero-order valence-electron chi connectivity index (χ0n) is 11.1. The number of nitrogens with zero attached hydrogens (tertiary/aromatic N) is 2. The van der Waals surface area contributed by atoms with Gasteiger partial charge in [-0.15, -0.1) is 11.3 Å². The SMILES string of the molecule is COCc1nc(N2CCS(=O)(=O)CC2C)sc1CN. The van der Waals surface area contributed by atoms with Crippen LogP contribution >= 0.6 is 11.3 Å². The molecule has 2 rings (SSSR count). The molecule has 0 amide bonds. The van der Waals surface area contributed by atoms with Gasteiger partial charge in [-0.25, -0.2) is 13.4 Å². The number of ether oxygens (including phenoxy) is 1. The summed E-state index contributed by atoms with van der Waals surface area (Å²) in [5.41, 5.74) is 6.55. The fraction of sp³-hybridized carbons (Fsp3) is 0.727. The molecule has 1 atom stereocenters. The third kappa shape index (κ3) is 3.25. The molecule has 1 unspecified atom stereocenters. The lowest BCUT2D eigenvalue weighted by Crippen LogP contribution is -2.47. The minimum Gasteiger partial charge on any atom is -0.378 e. The van der Waals surface area contributed by atoms with E-state index in [1.807, 2.05) is 11.8 Å². The Bertz CT molecular complexity index is 541. The second-order valence-electron chi connectivity index (χ2n) is 4.66. The van der Waals surface area contributed by atoms with Gasteiger partial charge in [0.2, 0.25) is 0 Å². The van der Waals surface area contributed by atoms with E-state index in [4.69, 9.17) is 10.5 Å². The van der Waals surface area contributed by atoms with E-state index in [2.05, 4.69) is 4.98 Å². The average Bonchev–Trinajstić information content (AvgIpc) is 2.71. The molecule has 19 heavy (non-hydrogen) atoms. The van der Waals surface area contributed by atoms with E-state index in [9.17, 15) is 8.42 Å². The van der Waals surface area contributed by atoms with Gasteiger partial charge in [-0.2, -0.15) is 0 Å². The number of rotatable bonds is 4. The molecule has 1 aliphatic rings. The Morgan fingerprint density at radius 2 is 2.32 bits per heavy atom. The van der Waals surface area contributed by atoms with Crippen LogP contribution in [0.4, 0.5) is 5.13 Å². The van der Waals surface area contributed by atoms with Gasteiger partial charge < -0.3 is 15.4 Å². The number of hydrogen-bond acceptors (Lipinski definition) is 7. The van der Waals surface area contributed by atoms with Crippen molar-refractivity contribution in [2.75, 3.05) is 30.1 Å². The molecule has 0 saturated carbocycles. The second-order valence-corrected chi connectivity index (χ2v) is 7.95. The number of anilines is 1. The summed E-state index contributed by atoms with van der Waals surface area (Å²) in [4.78, 5) is 7.58. The Morgan fingerprint density at radius 3 is 2.89 bits per heavy atom. The molecule has 2 N–H and O–H groups in total. The summed E-state index contributed by atoms with van der Waals surface area (Å²) in [7, 11) is -1.29. The predicted octanol–water partition coefficient (Wildman–Crippen LogP) is 0.372. The molecular formula is C11H19N3O3S2. The fourth-order valence-corrected chi connectivity index (χ4v) is 4.81. The van der Waals surface area contributed by atoms with Crippen LogP contribution in [0.15, 0.2) is 0 Å². The second kappa shape index (κ2) is 5.74. The van der Waals surface area contributed by atoms with Crippen molar-refractivity contribution in [2.24, 2.45) is 5.73 Å². The van der Waals surface area contributed by atoms with Gasteiger partial charge in [0.05, 0.1) is 23.8 Å². The molecular weight excluding hydrogens is 286 g/mol. The van der Waals surface area contributed by atoms with Crippen LogP contribution in [0.3, 0.4) is 0 Å².